The number of unbranched alkanes of at least 4 members (excludes halogenated alkanes) is 7. The van der Waals surface area contributed by atoms with Gasteiger partial charge in [-0.1, -0.05) is 76.2 Å². The minimum Gasteiger partial charge on any atom is -0.507 e. The average Bonchev–Trinajstić information content (AvgIpc) is 2.60. The molecule has 4 heteroatoms. The van der Waals surface area contributed by atoms with Crippen molar-refractivity contribution in [3.8, 4) is 5.75 Å². The molecule has 0 aromatic heterocycles. The van der Waals surface area contributed by atoms with Crippen molar-refractivity contribution in [3.05, 3.63) is 41.5 Å². The van der Waals surface area contributed by atoms with Crippen LogP contribution in [0.3, 0.4) is 0 Å². The number of allylic oxidation sites excluding steroid dienone is 1. The van der Waals surface area contributed by atoms with Crippen molar-refractivity contribution >= 4 is 5.97 Å². The van der Waals surface area contributed by atoms with Crippen LogP contribution in [0.15, 0.2) is 30.4 Å². The lowest BCUT2D eigenvalue weighted by molar-refractivity contribution is 0.0692. The molecule has 1 rings (SSSR count). The standard InChI is InChI=1S/C22H34O4/c1-2-3-9-15-19(23)16-11-8-6-4-5-7-10-13-18-14-12-17-20(24)21(18)22(25)26/h9,12,14-15,17,19,23-24H,2-8,10-11,13,16H2,1H3,(H,25,26). The Morgan fingerprint density at radius 2 is 1.73 bits per heavy atom. The Balaban J connectivity index is 2.08. The maximum Gasteiger partial charge on any atom is 0.339 e. The summed E-state index contributed by atoms with van der Waals surface area (Å²) in [7, 11) is 0. The second-order valence-electron chi connectivity index (χ2n) is 6.91. The molecule has 1 unspecified atom stereocenters. The number of carboxylic acids is 1. The van der Waals surface area contributed by atoms with Crippen molar-refractivity contribution in [3.63, 3.8) is 0 Å². The van der Waals surface area contributed by atoms with E-state index in [1.165, 1.54) is 18.9 Å². The summed E-state index contributed by atoms with van der Waals surface area (Å²) in [6.07, 6.45) is 15.1. The van der Waals surface area contributed by atoms with Gasteiger partial charge in [0, 0.05) is 0 Å². The first kappa shape index (κ1) is 22.2. The number of carbonyl (C=O) groups is 1. The van der Waals surface area contributed by atoms with Gasteiger partial charge in [-0.2, -0.15) is 0 Å². The molecule has 0 bridgehead atoms. The lowest BCUT2D eigenvalue weighted by atomic mass is 9.99. The van der Waals surface area contributed by atoms with Gasteiger partial charge in [0.1, 0.15) is 11.3 Å². The number of phenols is 1. The molecule has 0 amide bonds. The van der Waals surface area contributed by atoms with E-state index in [0.717, 1.165) is 51.4 Å². The van der Waals surface area contributed by atoms with E-state index in [4.69, 9.17) is 0 Å². The van der Waals surface area contributed by atoms with Crippen LogP contribution in [0.5, 0.6) is 5.75 Å². The van der Waals surface area contributed by atoms with E-state index in [1.807, 2.05) is 6.08 Å². The van der Waals surface area contributed by atoms with Gasteiger partial charge in [0.25, 0.3) is 0 Å². The SMILES string of the molecule is CCCC=CC(O)CCCCCCCCCc1cccc(O)c1C(=O)O. The third-order valence-electron chi connectivity index (χ3n) is 4.60. The maximum atomic E-state index is 11.2. The summed E-state index contributed by atoms with van der Waals surface area (Å²) in [6, 6.07) is 4.90. The van der Waals surface area contributed by atoms with E-state index >= 15 is 0 Å². The number of carboxylic acid groups (broad SMARTS) is 1. The van der Waals surface area contributed by atoms with Crippen molar-refractivity contribution in [2.75, 3.05) is 0 Å². The minimum atomic E-state index is -1.06. The summed E-state index contributed by atoms with van der Waals surface area (Å²) in [5.74, 6) is -1.22. The molecule has 0 radical (unpaired) electrons. The summed E-state index contributed by atoms with van der Waals surface area (Å²) in [5.41, 5.74) is 0.752. The van der Waals surface area contributed by atoms with E-state index in [0.29, 0.717) is 12.0 Å². The lowest BCUT2D eigenvalue weighted by Crippen LogP contribution is -2.03. The van der Waals surface area contributed by atoms with Crippen LogP contribution in [0.4, 0.5) is 0 Å². The molecule has 0 aliphatic rings. The van der Waals surface area contributed by atoms with Gasteiger partial charge in [0.05, 0.1) is 6.10 Å². The predicted octanol–water partition coefficient (Wildman–Crippen LogP) is 5.47. The van der Waals surface area contributed by atoms with E-state index in [2.05, 4.69) is 13.0 Å². The van der Waals surface area contributed by atoms with Gasteiger partial charge in [-0.3, -0.25) is 0 Å². The molecule has 0 fully saturated rings. The molecule has 0 heterocycles. The molecule has 0 spiro atoms. The van der Waals surface area contributed by atoms with E-state index in [9.17, 15) is 20.1 Å². The van der Waals surface area contributed by atoms with Gasteiger partial charge in [0.15, 0.2) is 0 Å². The quantitative estimate of drug-likeness (QED) is 0.303. The van der Waals surface area contributed by atoms with Crippen LogP contribution in [-0.4, -0.2) is 27.4 Å². The summed E-state index contributed by atoms with van der Waals surface area (Å²) < 4.78 is 0. The smallest absolute Gasteiger partial charge is 0.339 e. The Morgan fingerprint density at radius 3 is 2.38 bits per heavy atom. The highest BCUT2D eigenvalue weighted by Crippen LogP contribution is 2.23. The van der Waals surface area contributed by atoms with Crippen LogP contribution in [0, 0.1) is 0 Å². The van der Waals surface area contributed by atoms with Gasteiger partial charge >= 0.3 is 5.97 Å². The Hall–Kier alpha value is -1.81. The second kappa shape index (κ2) is 13.4. The minimum absolute atomic E-state index is 0.0408. The maximum absolute atomic E-state index is 11.2. The number of hydrogen-bond acceptors (Lipinski definition) is 3. The van der Waals surface area contributed by atoms with Crippen LogP contribution in [0.25, 0.3) is 0 Å². The molecule has 0 saturated carbocycles. The largest absolute Gasteiger partial charge is 0.507 e. The van der Waals surface area contributed by atoms with E-state index in [1.54, 1.807) is 12.1 Å². The van der Waals surface area contributed by atoms with E-state index in [-0.39, 0.29) is 17.4 Å². The molecular formula is C22H34O4. The second-order valence-corrected chi connectivity index (χ2v) is 6.91. The first-order valence-electron chi connectivity index (χ1n) is 9.95. The number of rotatable bonds is 14. The number of aromatic hydroxyl groups is 1. The summed E-state index contributed by atoms with van der Waals surface area (Å²) in [6.45, 7) is 2.13. The number of benzene rings is 1. The van der Waals surface area contributed by atoms with Crippen LogP contribution < -0.4 is 0 Å². The molecular weight excluding hydrogens is 328 g/mol. The van der Waals surface area contributed by atoms with Gasteiger partial charge in [-0.15, -0.1) is 0 Å². The molecule has 146 valence electrons. The highest BCUT2D eigenvalue weighted by atomic mass is 16.4. The Morgan fingerprint density at radius 1 is 1.08 bits per heavy atom. The van der Waals surface area contributed by atoms with Gasteiger partial charge in [0.2, 0.25) is 0 Å². The summed E-state index contributed by atoms with van der Waals surface area (Å²) >= 11 is 0. The van der Waals surface area contributed by atoms with Gasteiger partial charge in [-0.05, 0) is 37.3 Å². The van der Waals surface area contributed by atoms with Crippen LogP contribution >= 0.6 is 0 Å². The van der Waals surface area contributed by atoms with E-state index < -0.39 is 5.97 Å². The fourth-order valence-corrected chi connectivity index (χ4v) is 3.11. The first-order chi connectivity index (χ1) is 12.6. The lowest BCUT2D eigenvalue weighted by Gasteiger charge is -2.08. The zero-order valence-electron chi connectivity index (χ0n) is 16.0. The van der Waals surface area contributed by atoms with Crippen LogP contribution in [0.2, 0.25) is 0 Å². The normalized spacial score (nSPS) is 12.5. The van der Waals surface area contributed by atoms with Crippen molar-refractivity contribution in [1.29, 1.82) is 0 Å². The molecule has 4 nitrogen and oxygen atoms in total. The van der Waals surface area contributed by atoms with Gasteiger partial charge in [-0.25, -0.2) is 4.79 Å². The molecule has 0 aliphatic heterocycles. The van der Waals surface area contributed by atoms with Crippen molar-refractivity contribution in [2.45, 2.75) is 83.7 Å². The molecule has 1 aromatic carbocycles. The van der Waals surface area contributed by atoms with Crippen LogP contribution in [-0.2, 0) is 6.42 Å². The molecule has 26 heavy (non-hydrogen) atoms. The monoisotopic (exact) mass is 362 g/mol. The topological polar surface area (TPSA) is 77.8 Å². The van der Waals surface area contributed by atoms with Crippen molar-refractivity contribution in [1.82, 2.24) is 0 Å². The molecule has 0 aliphatic carbocycles. The average molecular weight is 363 g/mol. The first-order valence-corrected chi connectivity index (χ1v) is 9.95. The molecule has 0 saturated heterocycles. The third kappa shape index (κ3) is 9.04. The number of aliphatic hydroxyl groups excluding tert-OH is 1. The zero-order valence-corrected chi connectivity index (χ0v) is 16.0. The Labute approximate surface area is 157 Å². The summed E-state index contributed by atoms with van der Waals surface area (Å²) in [4.78, 5) is 11.2. The Kier molecular flexibility index (Phi) is 11.5. The molecule has 3 N–H and O–H groups in total. The Bertz CT molecular complexity index is 551. The molecule has 1 atom stereocenters. The van der Waals surface area contributed by atoms with Crippen LogP contribution in [0.1, 0.15) is 87.1 Å². The van der Waals surface area contributed by atoms with Gasteiger partial charge < -0.3 is 15.3 Å². The zero-order chi connectivity index (χ0) is 19.2. The number of aromatic carboxylic acids is 1. The third-order valence-corrected chi connectivity index (χ3v) is 4.60. The molecule has 1 aromatic rings. The fraction of sp³-hybridized carbons (Fsp3) is 0.591. The number of aliphatic hydroxyl groups is 1. The number of aryl methyl sites for hydroxylation is 1. The highest BCUT2D eigenvalue weighted by Gasteiger charge is 2.14. The summed E-state index contributed by atoms with van der Waals surface area (Å²) in [5, 5.41) is 28.7. The fourth-order valence-electron chi connectivity index (χ4n) is 3.11. The van der Waals surface area contributed by atoms with Crippen molar-refractivity contribution in [2.24, 2.45) is 0 Å². The van der Waals surface area contributed by atoms with Crippen molar-refractivity contribution < 1.29 is 20.1 Å². The predicted molar refractivity (Wildman–Crippen MR) is 106 cm³/mol. The number of hydrogen-bond donors (Lipinski definition) is 3. The highest BCUT2D eigenvalue weighted by molar-refractivity contribution is 5.92.